The van der Waals surface area contributed by atoms with E-state index in [1.807, 2.05) is 36.6 Å². The zero-order chi connectivity index (χ0) is 13.7. The van der Waals surface area contributed by atoms with Gasteiger partial charge in [0.15, 0.2) is 17.3 Å². The van der Waals surface area contributed by atoms with Crippen molar-refractivity contribution in [3.05, 3.63) is 24.5 Å². The lowest BCUT2D eigenvalue weighted by Gasteiger charge is -2.12. The van der Waals surface area contributed by atoms with Crippen LogP contribution in [0.3, 0.4) is 0 Å². The van der Waals surface area contributed by atoms with Gasteiger partial charge < -0.3 is 14.0 Å². The molecule has 0 spiro atoms. The number of ether oxygens (including phenoxy) is 2. The van der Waals surface area contributed by atoms with E-state index in [-0.39, 0.29) is 0 Å². The lowest BCUT2D eigenvalue weighted by atomic mass is 10.2. The molecule has 0 amide bonds. The van der Waals surface area contributed by atoms with Crippen LogP contribution in [0.5, 0.6) is 11.5 Å². The van der Waals surface area contributed by atoms with Crippen LogP contribution in [0.1, 0.15) is 20.8 Å². The average molecular weight is 261 g/mol. The van der Waals surface area contributed by atoms with Gasteiger partial charge in [0.25, 0.3) is 0 Å². The molecule has 0 unspecified atom stereocenters. The van der Waals surface area contributed by atoms with Crippen LogP contribution in [0, 0.1) is 0 Å². The summed E-state index contributed by atoms with van der Waals surface area (Å²) in [5.74, 6) is 2.34. The molecule has 0 bridgehead atoms. The zero-order valence-corrected chi connectivity index (χ0v) is 11.6. The number of aromatic nitrogens is 3. The Morgan fingerprint density at radius 1 is 1.05 bits per heavy atom. The SMILES string of the molecule is CCOc1ccc(-c2nncn2CC)cc1OCC. The number of hydrogen-bond donors (Lipinski definition) is 0. The highest BCUT2D eigenvalue weighted by Gasteiger charge is 2.11. The topological polar surface area (TPSA) is 49.2 Å². The van der Waals surface area contributed by atoms with Crippen LogP contribution in [0.25, 0.3) is 11.4 Å². The third kappa shape index (κ3) is 2.86. The Morgan fingerprint density at radius 2 is 1.79 bits per heavy atom. The molecular weight excluding hydrogens is 242 g/mol. The van der Waals surface area contributed by atoms with Crippen molar-refractivity contribution in [3.8, 4) is 22.9 Å². The molecule has 1 heterocycles. The summed E-state index contributed by atoms with van der Waals surface area (Å²) in [6.45, 7) is 8.02. The normalized spacial score (nSPS) is 10.5. The van der Waals surface area contributed by atoms with Gasteiger partial charge in [0.1, 0.15) is 6.33 Å². The minimum absolute atomic E-state index is 0.601. The van der Waals surface area contributed by atoms with Crippen molar-refractivity contribution < 1.29 is 9.47 Å². The Bertz CT molecular complexity index is 537. The molecule has 2 aromatic rings. The third-order valence-electron chi connectivity index (χ3n) is 2.76. The van der Waals surface area contributed by atoms with E-state index in [2.05, 4.69) is 17.1 Å². The maximum Gasteiger partial charge on any atom is 0.163 e. The Hall–Kier alpha value is -2.04. The van der Waals surface area contributed by atoms with Crippen LogP contribution in [-0.2, 0) is 6.54 Å². The third-order valence-corrected chi connectivity index (χ3v) is 2.76. The highest BCUT2D eigenvalue weighted by atomic mass is 16.5. The van der Waals surface area contributed by atoms with Crippen molar-refractivity contribution in [2.75, 3.05) is 13.2 Å². The summed E-state index contributed by atoms with van der Waals surface area (Å²) < 4.78 is 13.2. The second-order valence-electron chi connectivity index (χ2n) is 3.97. The van der Waals surface area contributed by atoms with Gasteiger partial charge in [-0.05, 0) is 39.0 Å². The predicted octanol–water partition coefficient (Wildman–Crippen LogP) is 2.76. The first-order valence-electron chi connectivity index (χ1n) is 6.57. The van der Waals surface area contributed by atoms with Crippen LogP contribution >= 0.6 is 0 Å². The molecule has 0 aliphatic rings. The molecule has 5 heteroatoms. The quantitative estimate of drug-likeness (QED) is 0.802. The van der Waals surface area contributed by atoms with Crippen LogP contribution in [0.2, 0.25) is 0 Å². The summed E-state index contributed by atoms with van der Waals surface area (Å²) in [6.07, 6.45) is 1.73. The van der Waals surface area contributed by atoms with Crippen molar-refractivity contribution in [1.82, 2.24) is 14.8 Å². The van der Waals surface area contributed by atoms with Crippen molar-refractivity contribution >= 4 is 0 Å². The first-order chi connectivity index (χ1) is 9.30. The molecule has 0 radical (unpaired) electrons. The highest BCUT2D eigenvalue weighted by Crippen LogP contribution is 2.32. The van der Waals surface area contributed by atoms with Gasteiger partial charge in [0, 0.05) is 12.1 Å². The van der Waals surface area contributed by atoms with Crippen molar-refractivity contribution in [1.29, 1.82) is 0 Å². The summed E-state index contributed by atoms with van der Waals surface area (Å²) in [5.41, 5.74) is 0.978. The van der Waals surface area contributed by atoms with Gasteiger partial charge in [0.05, 0.1) is 13.2 Å². The molecule has 1 aromatic carbocycles. The minimum atomic E-state index is 0.601. The molecule has 19 heavy (non-hydrogen) atoms. The van der Waals surface area contributed by atoms with Crippen LogP contribution < -0.4 is 9.47 Å². The average Bonchev–Trinajstić information content (AvgIpc) is 2.89. The maximum absolute atomic E-state index is 5.62. The summed E-state index contributed by atoms with van der Waals surface area (Å²) in [4.78, 5) is 0. The van der Waals surface area contributed by atoms with Gasteiger partial charge in [-0.15, -0.1) is 10.2 Å². The van der Waals surface area contributed by atoms with Crippen LogP contribution in [0.15, 0.2) is 24.5 Å². The van der Waals surface area contributed by atoms with Gasteiger partial charge in [-0.3, -0.25) is 0 Å². The summed E-state index contributed by atoms with van der Waals surface area (Å²) in [6, 6.07) is 5.84. The van der Waals surface area contributed by atoms with E-state index < -0.39 is 0 Å². The van der Waals surface area contributed by atoms with E-state index >= 15 is 0 Å². The van der Waals surface area contributed by atoms with E-state index in [1.54, 1.807) is 6.33 Å². The first kappa shape index (κ1) is 13.4. The van der Waals surface area contributed by atoms with Crippen LogP contribution in [-0.4, -0.2) is 28.0 Å². The summed E-state index contributed by atoms with van der Waals surface area (Å²) >= 11 is 0. The summed E-state index contributed by atoms with van der Waals surface area (Å²) in [5, 5.41) is 8.10. The second-order valence-corrected chi connectivity index (χ2v) is 3.97. The Kier molecular flexibility index (Phi) is 4.39. The molecule has 5 nitrogen and oxygen atoms in total. The predicted molar refractivity (Wildman–Crippen MR) is 73.5 cm³/mol. The Morgan fingerprint density at radius 3 is 2.47 bits per heavy atom. The molecule has 0 aliphatic carbocycles. The van der Waals surface area contributed by atoms with Gasteiger partial charge in [-0.2, -0.15) is 0 Å². The fourth-order valence-corrected chi connectivity index (χ4v) is 1.90. The largest absolute Gasteiger partial charge is 0.490 e. The number of nitrogens with zero attached hydrogens (tertiary/aromatic N) is 3. The molecule has 0 saturated carbocycles. The standard InChI is InChI=1S/C14H19N3O2/c1-4-17-10-15-16-14(17)11-7-8-12(18-5-2)13(9-11)19-6-3/h7-10H,4-6H2,1-3H3. The van der Waals surface area contributed by atoms with E-state index in [0.717, 1.165) is 29.4 Å². The molecule has 0 N–H and O–H groups in total. The molecule has 0 aliphatic heterocycles. The molecule has 0 atom stereocenters. The lowest BCUT2D eigenvalue weighted by Crippen LogP contribution is -2.00. The molecule has 2 rings (SSSR count). The lowest BCUT2D eigenvalue weighted by molar-refractivity contribution is 0.288. The molecule has 0 fully saturated rings. The Balaban J connectivity index is 2.39. The highest BCUT2D eigenvalue weighted by molar-refractivity contribution is 5.61. The number of rotatable bonds is 6. The zero-order valence-electron chi connectivity index (χ0n) is 11.6. The molecule has 102 valence electrons. The number of aryl methyl sites for hydroxylation is 1. The van der Waals surface area contributed by atoms with E-state index in [0.29, 0.717) is 13.2 Å². The van der Waals surface area contributed by atoms with E-state index in [1.165, 1.54) is 0 Å². The smallest absolute Gasteiger partial charge is 0.163 e. The van der Waals surface area contributed by atoms with Gasteiger partial charge >= 0.3 is 0 Å². The van der Waals surface area contributed by atoms with Crippen molar-refractivity contribution in [3.63, 3.8) is 0 Å². The summed E-state index contributed by atoms with van der Waals surface area (Å²) in [7, 11) is 0. The van der Waals surface area contributed by atoms with Gasteiger partial charge in [0.2, 0.25) is 0 Å². The fraction of sp³-hybridized carbons (Fsp3) is 0.429. The Labute approximate surface area is 113 Å². The molecule has 1 aromatic heterocycles. The van der Waals surface area contributed by atoms with E-state index in [4.69, 9.17) is 9.47 Å². The fourth-order valence-electron chi connectivity index (χ4n) is 1.90. The second kappa shape index (κ2) is 6.22. The van der Waals surface area contributed by atoms with Gasteiger partial charge in [-0.25, -0.2) is 0 Å². The number of benzene rings is 1. The van der Waals surface area contributed by atoms with Crippen LogP contribution in [0.4, 0.5) is 0 Å². The molecular formula is C14H19N3O2. The maximum atomic E-state index is 5.62. The van der Waals surface area contributed by atoms with Crippen molar-refractivity contribution in [2.24, 2.45) is 0 Å². The minimum Gasteiger partial charge on any atom is -0.490 e. The van der Waals surface area contributed by atoms with E-state index in [9.17, 15) is 0 Å². The molecule has 0 saturated heterocycles. The number of hydrogen-bond acceptors (Lipinski definition) is 4. The van der Waals surface area contributed by atoms with Gasteiger partial charge in [-0.1, -0.05) is 0 Å². The monoisotopic (exact) mass is 261 g/mol. The van der Waals surface area contributed by atoms with Crippen molar-refractivity contribution in [2.45, 2.75) is 27.3 Å². The first-order valence-corrected chi connectivity index (χ1v) is 6.57.